The maximum absolute atomic E-state index is 13.4. The molecule has 2 N–H and O–H groups in total. The lowest BCUT2D eigenvalue weighted by atomic mass is 9.99. The highest BCUT2D eigenvalue weighted by molar-refractivity contribution is 5.81. The van der Waals surface area contributed by atoms with Crippen molar-refractivity contribution in [3.63, 3.8) is 0 Å². The molecule has 1 aromatic carbocycles. The van der Waals surface area contributed by atoms with Gasteiger partial charge in [0.05, 0.1) is 30.9 Å². The van der Waals surface area contributed by atoms with Crippen molar-refractivity contribution in [1.29, 1.82) is 0 Å². The Morgan fingerprint density at radius 1 is 1.27 bits per heavy atom. The van der Waals surface area contributed by atoms with Gasteiger partial charge in [0.1, 0.15) is 6.61 Å². The fourth-order valence-electron chi connectivity index (χ4n) is 3.91. The second-order valence-electron chi connectivity index (χ2n) is 8.27. The molecule has 0 fully saturated rings. The van der Waals surface area contributed by atoms with Crippen LogP contribution in [0, 0.1) is 0 Å². The third kappa shape index (κ3) is 7.92. The largest absolute Gasteiger partial charge is 0.528 e. The Morgan fingerprint density at radius 3 is 2.81 bits per heavy atom. The number of pyridine rings is 1. The lowest BCUT2D eigenvalue weighted by Crippen LogP contribution is -2.40. The number of carbonyl (C=O) groups is 2. The fraction of sp³-hybridized carbons (Fsp3) is 0.400. The van der Waals surface area contributed by atoms with Crippen LogP contribution < -0.4 is 10.6 Å². The van der Waals surface area contributed by atoms with Gasteiger partial charge in [-0.15, -0.1) is 5.06 Å². The van der Waals surface area contributed by atoms with E-state index in [4.69, 9.17) is 9.57 Å². The number of nitrogens with zero attached hydrogens (tertiary/aromatic N) is 3. The lowest BCUT2D eigenvalue weighted by molar-refractivity contribution is -0.140. The Balaban J connectivity index is 1.66. The van der Waals surface area contributed by atoms with E-state index in [2.05, 4.69) is 22.2 Å². The molecule has 9 nitrogen and oxygen atoms in total. The van der Waals surface area contributed by atoms with E-state index in [1.807, 2.05) is 18.2 Å². The summed E-state index contributed by atoms with van der Waals surface area (Å²) < 4.78 is 45.1. The van der Waals surface area contributed by atoms with Crippen LogP contribution in [0.2, 0.25) is 0 Å². The zero-order valence-electron chi connectivity index (χ0n) is 20.5. The topological polar surface area (TPSA) is 96.0 Å². The summed E-state index contributed by atoms with van der Waals surface area (Å²) in [5, 5.41) is 7.54. The molecule has 0 saturated heterocycles. The Morgan fingerprint density at radius 2 is 2.08 bits per heavy atom. The number of hydrogen-bond acceptors (Lipinski definition) is 8. The van der Waals surface area contributed by atoms with E-state index in [9.17, 15) is 22.8 Å². The van der Waals surface area contributed by atoms with Gasteiger partial charge in [0, 0.05) is 31.5 Å². The van der Waals surface area contributed by atoms with Crippen LogP contribution in [0.15, 0.2) is 49.2 Å². The van der Waals surface area contributed by atoms with E-state index in [0.29, 0.717) is 26.1 Å². The third-order valence-electron chi connectivity index (χ3n) is 5.70. The first-order chi connectivity index (χ1) is 17.7. The predicted octanol–water partition coefficient (Wildman–Crippen LogP) is 3.37. The summed E-state index contributed by atoms with van der Waals surface area (Å²) in [6.45, 7) is 4.55. The molecule has 0 aliphatic carbocycles. The molecule has 0 radical (unpaired) electrons. The van der Waals surface area contributed by atoms with Crippen molar-refractivity contribution < 1.29 is 32.3 Å². The van der Waals surface area contributed by atoms with Gasteiger partial charge in [-0.2, -0.15) is 13.2 Å². The summed E-state index contributed by atoms with van der Waals surface area (Å²) in [7, 11) is 1.70. The first-order valence-electron chi connectivity index (χ1n) is 11.7. The van der Waals surface area contributed by atoms with Crippen molar-refractivity contribution in [3.8, 4) is 0 Å². The molecule has 1 aliphatic rings. The van der Waals surface area contributed by atoms with Gasteiger partial charge in [-0.1, -0.05) is 24.8 Å². The summed E-state index contributed by atoms with van der Waals surface area (Å²) >= 11 is 0. The quantitative estimate of drug-likeness (QED) is 0.343. The van der Waals surface area contributed by atoms with Gasteiger partial charge < -0.3 is 25.1 Å². The summed E-state index contributed by atoms with van der Waals surface area (Å²) in [6, 6.07) is 7.73. The minimum atomic E-state index is -4.57. The summed E-state index contributed by atoms with van der Waals surface area (Å²) in [5.74, 6) is -0.364. The number of likely N-dealkylation sites (N-methyl/N-ethyl adjacent to an activating group) is 1. The van der Waals surface area contributed by atoms with Crippen LogP contribution in [0.1, 0.15) is 22.4 Å². The predicted molar refractivity (Wildman–Crippen MR) is 130 cm³/mol. The van der Waals surface area contributed by atoms with E-state index in [0.717, 1.165) is 22.9 Å². The van der Waals surface area contributed by atoms with Crippen LogP contribution in [0.3, 0.4) is 0 Å². The molecular weight excluding hydrogens is 491 g/mol. The molecule has 0 atom stereocenters. The number of rotatable bonds is 11. The Labute approximate surface area is 213 Å². The summed E-state index contributed by atoms with van der Waals surface area (Å²) in [6.07, 6.45) is -2.11. The van der Waals surface area contributed by atoms with E-state index in [1.165, 1.54) is 28.3 Å². The van der Waals surface area contributed by atoms with Crippen molar-refractivity contribution in [3.05, 3.63) is 71.6 Å². The number of aromatic nitrogens is 1. The van der Waals surface area contributed by atoms with E-state index in [-0.39, 0.29) is 37.8 Å². The van der Waals surface area contributed by atoms with E-state index >= 15 is 0 Å². The Hall–Kier alpha value is -3.64. The van der Waals surface area contributed by atoms with Crippen molar-refractivity contribution in [2.24, 2.45) is 0 Å². The smallest absolute Gasteiger partial charge is 0.429 e. The number of anilines is 1. The first kappa shape index (κ1) is 27.9. The highest BCUT2D eigenvalue weighted by Gasteiger charge is 2.34. The zero-order chi connectivity index (χ0) is 26.8. The molecule has 1 aromatic heterocycles. The number of amides is 1. The van der Waals surface area contributed by atoms with Gasteiger partial charge in [-0.3, -0.25) is 9.78 Å². The third-order valence-corrected chi connectivity index (χ3v) is 5.70. The number of fused-ring (bicyclic) bond motifs is 1. The number of carbonyl (C=O) groups excluding carboxylic acids is 2. The van der Waals surface area contributed by atoms with Crippen LogP contribution in [0.4, 0.5) is 23.7 Å². The summed E-state index contributed by atoms with van der Waals surface area (Å²) in [5.41, 5.74) is 1.56. The molecule has 3 rings (SSSR count). The van der Waals surface area contributed by atoms with E-state index in [1.54, 1.807) is 7.05 Å². The average Bonchev–Trinajstić information content (AvgIpc) is 2.87. The maximum atomic E-state index is 13.4. The second-order valence-corrected chi connectivity index (χ2v) is 8.27. The molecule has 0 saturated carbocycles. The fourth-order valence-corrected chi connectivity index (χ4v) is 3.91. The van der Waals surface area contributed by atoms with Crippen molar-refractivity contribution in [2.45, 2.75) is 25.7 Å². The number of nitrogens with one attached hydrogen (secondary N) is 2. The summed E-state index contributed by atoms with van der Waals surface area (Å²) in [4.78, 5) is 35.2. The van der Waals surface area contributed by atoms with Crippen molar-refractivity contribution in [2.75, 3.05) is 45.2 Å². The van der Waals surface area contributed by atoms with E-state index < -0.39 is 17.9 Å². The van der Waals surface area contributed by atoms with Crippen molar-refractivity contribution >= 4 is 17.7 Å². The average molecular weight is 522 g/mol. The maximum Gasteiger partial charge on any atom is 0.528 e. The monoisotopic (exact) mass is 521 g/mol. The van der Waals surface area contributed by atoms with Crippen LogP contribution >= 0.6 is 0 Å². The highest BCUT2D eigenvalue weighted by atomic mass is 19.4. The molecule has 37 heavy (non-hydrogen) atoms. The highest BCUT2D eigenvalue weighted by Crippen LogP contribution is 2.31. The van der Waals surface area contributed by atoms with Gasteiger partial charge in [0.25, 0.3) is 0 Å². The van der Waals surface area contributed by atoms with Crippen LogP contribution in [0.25, 0.3) is 0 Å². The molecule has 0 spiro atoms. The number of hydrogen-bond donors (Lipinski definition) is 2. The number of alkyl halides is 3. The van der Waals surface area contributed by atoms with Crippen LogP contribution in [0.5, 0.6) is 0 Å². The molecular formula is C25H30F3N5O4. The molecule has 200 valence electrons. The van der Waals surface area contributed by atoms with Crippen LogP contribution in [-0.4, -0.2) is 66.8 Å². The second kappa shape index (κ2) is 13.1. The number of hydroxylamine groups is 2. The molecule has 1 amide bonds. The first-order valence-corrected chi connectivity index (χ1v) is 11.7. The minimum absolute atomic E-state index is 0.0501. The van der Waals surface area contributed by atoms with Gasteiger partial charge in [0.15, 0.2) is 0 Å². The van der Waals surface area contributed by atoms with Crippen molar-refractivity contribution in [1.82, 2.24) is 20.3 Å². The molecule has 0 unspecified atom stereocenters. The molecule has 12 heteroatoms. The van der Waals surface area contributed by atoms with Gasteiger partial charge in [0.2, 0.25) is 5.91 Å². The molecule has 1 aliphatic heterocycles. The molecule has 2 aromatic rings. The number of halogens is 3. The Bertz CT molecular complexity index is 1100. The Kier molecular flexibility index (Phi) is 9.86. The zero-order valence-corrected chi connectivity index (χ0v) is 20.5. The number of ether oxygens (including phenoxy) is 1. The normalized spacial score (nSPS) is 13.4. The molecule has 2 heterocycles. The number of benzene rings is 1. The minimum Gasteiger partial charge on any atom is -0.429 e. The SMILES string of the molecule is C=CCOC(=O)ON1CCc2c(cccc2NCC(=O)N(CCNC)Cc2ncccc2C(F)(F)F)C1. The molecule has 0 bridgehead atoms. The van der Waals surface area contributed by atoms with Gasteiger partial charge in [-0.05, 0) is 42.8 Å². The lowest BCUT2D eigenvalue weighted by Gasteiger charge is -2.29. The van der Waals surface area contributed by atoms with Gasteiger partial charge >= 0.3 is 12.3 Å². The standard InChI is InChI=1S/C25H30F3N5O4/c1-3-14-36-24(35)37-33-12-9-19-18(16-33)6-4-8-21(19)31-15-23(34)32(13-11-29-2)17-22-20(25(26,27)28)7-5-10-30-22/h3-8,10,29,31H,1,9,11-17H2,2H3. The van der Waals surface area contributed by atoms with Gasteiger partial charge in [-0.25, -0.2) is 4.79 Å². The van der Waals surface area contributed by atoms with Crippen LogP contribution in [-0.2, 0) is 40.1 Å².